The van der Waals surface area contributed by atoms with Gasteiger partial charge in [0, 0.05) is 25.1 Å². The van der Waals surface area contributed by atoms with Crippen LogP contribution in [0, 0.1) is 17.6 Å². The lowest BCUT2D eigenvalue weighted by molar-refractivity contribution is 0.0662. The predicted molar refractivity (Wildman–Crippen MR) is 116 cm³/mol. The Morgan fingerprint density at radius 1 is 1.15 bits per heavy atom. The van der Waals surface area contributed by atoms with Gasteiger partial charge in [0.05, 0.1) is 11.3 Å². The van der Waals surface area contributed by atoms with Gasteiger partial charge in [-0.2, -0.15) is 10.1 Å². The summed E-state index contributed by atoms with van der Waals surface area (Å²) in [6.45, 7) is 1.19. The number of likely N-dealkylation sites (tertiary alicyclic amines) is 1. The van der Waals surface area contributed by atoms with E-state index in [0.717, 1.165) is 18.4 Å². The third-order valence-electron chi connectivity index (χ3n) is 5.80. The van der Waals surface area contributed by atoms with Crippen molar-refractivity contribution in [3.05, 3.63) is 77.8 Å². The molecule has 0 saturated carbocycles. The number of aromatic nitrogens is 4. The number of carbonyl (C=O) groups excluding carboxylic acids is 1. The molecule has 1 N–H and O–H groups in total. The van der Waals surface area contributed by atoms with Crippen LogP contribution in [0.2, 0.25) is 0 Å². The molecule has 33 heavy (non-hydrogen) atoms. The molecule has 168 valence electrons. The SMILES string of the molecule is O=C(c1cc(-c2ccc(F)cc2)n[nH]1)N1CCCC(Cc2nc(-c3ccccc3F)no2)C1. The van der Waals surface area contributed by atoms with Crippen molar-refractivity contribution in [3.63, 3.8) is 0 Å². The molecule has 0 bridgehead atoms. The van der Waals surface area contributed by atoms with Crippen LogP contribution < -0.4 is 0 Å². The molecule has 7 nitrogen and oxygen atoms in total. The maximum atomic E-state index is 14.0. The lowest BCUT2D eigenvalue weighted by Crippen LogP contribution is -2.40. The minimum absolute atomic E-state index is 0.141. The maximum absolute atomic E-state index is 14.0. The van der Waals surface area contributed by atoms with Crippen LogP contribution in [-0.4, -0.2) is 44.2 Å². The topological polar surface area (TPSA) is 87.9 Å². The second-order valence-electron chi connectivity index (χ2n) is 8.13. The van der Waals surface area contributed by atoms with E-state index >= 15 is 0 Å². The molecular weight excluding hydrogens is 428 g/mol. The number of halogens is 2. The Kier molecular flexibility index (Phi) is 5.68. The number of amides is 1. The van der Waals surface area contributed by atoms with E-state index in [1.54, 1.807) is 41.3 Å². The first-order valence-electron chi connectivity index (χ1n) is 10.7. The summed E-state index contributed by atoms with van der Waals surface area (Å²) in [7, 11) is 0. The van der Waals surface area contributed by atoms with E-state index in [-0.39, 0.29) is 23.5 Å². The second kappa shape index (κ2) is 8.93. The van der Waals surface area contributed by atoms with Gasteiger partial charge in [-0.1, -0.05) is 17.3 Å². The van der Waals surface area contributed by atoms with Crippen molar-refractivity contribution in [1.82, 2.24) is 25.2 Å². The van der Waals surface area contributed by atoms with Crippen LogP contribution in [0.5, 0.6) is 0 Å². The number of nitrogens with zero attached hydrogens (tertiary/aromatic N) is 4. The van der Waals surface area contributed by atoms with Crippen LogP contribution in [0.1, 0.15) is 29.2 Å². The molecule has 1 aliphatic rings. The lowest BCUT2D eigenvalue weighted by atomic mass is 9.94. The summed E-state index contributed by atoms with van der Waals surface area (Å²) in [5, 5.41) is 10.9. The first-order valence-corrected chi connectivity index (χ1v) is 10.7. The van der Waals surface area contributed by atoms with Gasteiger partial charge in [-0.05, 0) is 61.2 Å². The maximum Gasteiger partial charge on any atom is 0.271 e. The van der Waals surface area contributed by atoms with Crippen LogP contribution in [0.4, 0.5) is 8.78 Å². The summed E-state index contributed by atoms with van der Waals surface area (Å²) >= 11 is 0. The summed E-state index contributed by atoms with van der Waals surface area (Å²) < 4.78 is 32.5. The number of H-pyrrole nitrogens is 1. The molecule has 9 heteroatoms. The van der Waals surface area contributed by atoms with Crippen LogP contribution in [0.15, 0.2) is 59.1 Å². The van der Waals surface area contributed by atoms with E-state index < -0.39 is 5.82 Å². The Morgan fingerprint density at radius 3 is 2.79 bits per heavy atom. The molecule has 2 aromatic carbocycles. The molecule has 1 atom stereocenters. The zero-order valence-corrected chi connectivity index (χ0v) is 17.7. The standard InChI is InChI=1S/C24H21F2N5O2/c25-17-9-7-16(8-10-17)20-13-21(29-28-20)24(32)31-11-3-4-15(14-31)12-22-27-23(30-33-22)18-5-1-2-6-19(18)26/h1-2,5-10,13,15H,3-4,11-12,14H2,(H,28,29). The highest BCUT2D eigenvalue weighted by Gasteiger charge is 2.27. The fourth-order valence-electron chi connectivity index (χ4n) is 4.12. The van der Waals surface area contributed by atoms with E-state index in [4.69, 9.17) is 4.52 Å². The van der Waals surface area contributed by atoms with Crippen molar-refractivity contribution in [2.45, 2.75) is 19.3 Å². The zero-order valence-electron chi connectivity index (χ0n) is 17.7. The highest BCUT2D eigenvalue weighted by Crippen LogP contribution is 2.25. The van der Waals surface area contributed by atoms with Gasteiger partial charge < -0.3 is 9.42 Å². The molecule has 0 spiro atoms. The Morgan fingerprint density at radius 2 is 1.97 bits per heavy atom. The van der Waals surface area contributed by atoms with Gasteiger partial charge in [-0.15, -0.1) is 0 Å². The van der Waals surface area contributed by atoms with Crippen molar-refractivity contribution in [2.75, 3.05) is 13.1 Å². The monoisotopic (exact) mass is 449 g/mol. The van der Waals surface area contributed by atoms with Gasteiger partial charge >= 0.3 is 0 Å². The van der Waals surface area contributed by atoms with Crippen molar-refractivity contribution in [2.24, 2.45) is 5.92 Å². The van der Waals surface area contributed by atoms with Gasteiger partial charge in [-0.3, -0.25) is 9.89 Å². The third-order valence-corrected chi connectivity index (χ3v) is 5.80. The number of piperidine rings is 1. The van der Waals surface area contributed by atoms with E-state index in [1.807, 2.05) is 0 Å². The molecule has 1 fully saturated rings. The average molecular weight is 449 g/mol. The minimum atomic E-state index is -0.404. The Hall–Kier alpha value is -3.88. The molecule has 3 heterocycles. The van der Waals surface area contributed by atoms with Gasteiger partial charge in [0.15, 0.2) is 0 Å². The van der Waals surface area contributed by atoms with Crippen LogP contribution in [0.3, 0.4) is 0 Å². The number of aromatic amines is 1. The summed E-state index contributed by atoms with van der Waals surface area (Å²) in [5.74, 6) is -0.0781. The van der Waals surface area contributed by atoms with Crippen LogP contribution in [-0.2, 0) is 6.42 Å². The van der Waals surface area contributed by atoms with Crippen molar-refractivity contribution >= 4 is 5.91 Å². The highest BCUT2D eigenvalue weighted by molar-refractivity contribution is 5.93. The molecule has 1 amide bonds. The fraction of sp³-hybridized carbons (Fsp3) is 0.250. The molecule has 1 aliphatic heterocycles. The Balaban J connectivity index is 1.24. The van der Waals surface area contributed by atoms with E-state index in [0.29, 0.717) is 42.4 Å². The molecule has 4 aromatic rings. The highest BCUT2D eigenvalue weighted by atomic mass is 19.1. The molecule has 2 aromatic heterocycles. The van der Waals surface area contributed by atoms with Crippen LogP contribution >= 0.6 is 0 Å². The first kappa shape index (κ1) is 21.0. The first-order chi connectivity index (χ1) is 16.1. The molecule has 0 aliphatic carbocycles. The number of benzene rings is 2. The minimum Gasteiger partial charge on any atom is -0.339 e. The average Bonchev–Trinajstić information content (AvgIpc) is 3.50. The quantitative estimate of drug-likeness (QED) is 0.485. The molecular formula is C24H21F2N5O2. The van der Waals surface area contributed by atoms with Gasteiger partial charge in [0.2, 0.25) is 11.7 Å². The fourth-order valence-corrected chi connectivity index (χ4v) is 4.12. The van der Waals surface area contributed by atoms with Crippen molar-refractivity contribution in [3.8, 4) is 22.6 Å². The molecule has 1 saturated heterocycles. The summed E-state index contributed by atoms with van der Waals surface area (Å²) in [5.41, 5.74) is 1.99. The summed E-state index contributed by atoms with van der Waals surface area (Å²) in [6, 6.07) is 13.9. The summed E-state index contributed by atoms with van der Waals surface area (Å²) in [6.07, 6.45) is 2.28. The number of carbonyl (C=O) groups is 1. The molecule has 1 unspecified atom stereocenters. The van der Waals surface area contributed by atoms with Crippen molar-refractivity contribution < 1.29 is 18.1 Å². The number of rotatable bonds is 5. The number of nitrogens with one attached hydrogen (secondary N) is 1. The van der Waals surface area contributed by atoms with Crippen molar-refractivity contribution in [1.29, 1.82) is 0 Å². The molecule has 0 radical (unpaired) electrons. The number of hydrogen-bond acceptors (Lipinski definition) is 5. The number of hydrogen-bond donors (Lipinski definition) is 1. The van der Waals surface area contributed by atoms with E-state index in [1.165, 1.54) is 18.2 Å². The normalized spacial score (nSPS) is 16.2. The third kappa shape index (κ3) is 4.52. The Labute approximate surface area is 188 Å². The smallest absolute Gasteiger partial charge is 0.271 e. The van der Waals surface area contributed by atoms with Crippen LogP contribution in [0.25, 0.3) is 22.6 Å². The molecule has 5 rings (SSSR count). The predicted octanol–water partition coefficient (Wildman–Crippen LogP) is 4.50. The lowest BCUT2D eigenvalue weighted by Gasteiger charge is -2.31. The summed E-state index contributed by atoms with van der Waals surface area (Å²) in [4.78, 5) is 19.1. The van der Waals surface area contributed by atoms with E-state index in [9.17, 15) is 13.6 Å². The van der Waals surface area contributed by atoms with Gasteiger partial charge in [0.1, 0.15) is 17.3 Å². The van der Waals surface area contributed by atoms with Gasteiger partial charge in [-0.25, -0.2) is 8.78 Å². The van der Waals surface area contributed by atoms with E-state index in [2.05, 4.69) is 20.3 Å². The largest absolute Gasteiger partial charge is 0.339 e. The Bertz CT molecular complexity index is 1270. The second-order valence-corrected chi connectivity index (χ2v) is 8.13. The zero-order chi connectivity index (χ0) is 22.8. The van der Waals surface area contributed by atoms with Gasteiger partial charge in [0.25, 0.3) is 5.91 Å².